The van der Waals surface area contributed by atoms with Crippen LogP contribution < -0.4 is 15.5 Å². The Morgan fingerprint density at radius 3 is 2.87 bits per heavy atom. The molecule has 158 valence electrons. The van der Waals surface area contributed by atoms with Crippen LogP contribution in [0.4, 0.5) is 5.69 Å². The molecule has 1 unspecified atom stereocenters. The van der Waals surface area contributed by atoms with Crippen molar-refractivity contribution in [3.8, 4) is 0 Å². The van der Waals surface area contributed by atoms with Gasteiger partial charge in [0, 0.05) is 50.5 Å². The molecule has 1 fully saturated rings. The first-order chi connectivity index (χ1) is 14.7. The first kappa shape index (κ1) is 20.2. The zero-order valence-corrected chi connectivity index (χ0v) is 17.9. The fourth-order valence-electron chi connectivity index (χ4n) is 3.87. The number of benzene rings is 1. The predicted octanol–water partition coefficient (Wildman–Crippen LogP) is 2.80. The second kappa shape index (κ2) is 9.61. The molecule has 2 N–H and O–H groups in total. The Morgan fingerprint density at radius 2 is 2.03 bits per heavy atom. The van der Waals surface area contributed by atoms with E-state index >= 15 is 0 Å². The number of aryl methyl sites for hydroxylation is 2. The van der Waals surface area contributed by atoms with Crippen LogP contribution in [0, 0.1) is 6.92 Å². The number of nitrogens with zero attached hydrogens (tertiary/aromatic N) is 5. The summed E-state index contributed by atoms with van der Waals surface area (Å²) >= 11 is 0. The highest BCUT2D eigenvalue weighted by Crippen LogP contribution is 2.20. The lowest BCUT2D eigenvalue weighted by Crippen LogP contribution is -2.44. The van der Waals surface area contributed by atoms with Gasteiger partial charge < -0.3 is 15.5 Å². The van der Waals surface area contributed by atoms with E-state index in [1.807, 2.05) is 28.8 Å². The fraction of sp³-hybridized carbons (Fsp3) is 0.435. The van der Waals surface area contributed by atoms with Crippen molar-refractivity contribution in [2.75, 3.05) is 31.1 Å². The maximum atomic E-state index is 4.78. The SMILES string of the molecule is CCNC(=NCCCc1nnc2ccccn12)NC1CCN(c2ccc(C)cc2)C1. The Balaban J connectivity index is 1.29. The van der Waals surface area contributed by atoms with Gasteiger partial charge in [0.1, 0.15) is 5.82 Å². The van der Waals surface area contributed by atoms with Crippen LogP contribution in [0.1, 0.15) is 31.2 Å². The third-order valence-electron chi connectivity index (χ3n) is 5.49. The number of aliphatic imine (C=N–C) groups is 1. The van der Waals surface area contributed by atoms with Crippen LogP contribution in [0.5, 0.6) is 0 Å². The number of guanidine groups is 1. The van der Waals surface area contributed by atoms with Gasteiger partial charge in [0.2, 0.25) is 0 Å². The van der Waals surface area contributed by atoms with E-state index in [9.17, 15) is 0 Å². The van der Waals surface area contributed by atoms with E-state index in [4.69, 9.17) is 4.99 Å². The van der Waals surface area contributed by atoms with Gasteiger partial charge in [-0.05, 0) is 51.0 Å². The molecule has 1 saturated heterocycles. The maximum absolute atomic E-state index is 4.78. The van der Waals surface area contributed by atoms with Crippen molar-refractivity contribution in [2.45, 2.75) is 39.2 Å². The molecule has 7 heteroatoms. The van der Waals surface area contributed by atoms with E-state index < -0.39 is 0 Å². The van der Waals surface area contributed by atoms with Crippen molar-refractivity contribution in [1.82, 2.24) is 25.2 Å². The number of hydrogen-bond donors (Lipinski definition) is 2. The standard InChI is InChI=1S/C23H31N7/c1-3-24-23(25-14-6-8-22-28-27-21-7-4-5-15-30(21)22)26-19-13-16-29(17-19)20-11-9-18(2)10-12-20/h4-5,7,9-12,15,19H,3,6,8,13-14,16-17H2,1-2H3,(H2,24,25,26). The third-order valence-corrected chi connectivity index (χ3v) is 5.49. The van der Waals surface area contributed by atoms with E-state index in [0.29, 0.717) is 6.04 Å². The average molecular weight is 406 g/mol. The minimum atomic E-state index is 0.407. The number of rotatable bonds is 7. The van der Waals surface area contributed by atoms with Crippen molar-refractivity contribution < 1.29 is 0 Å². The van der Waals surface area contributed by atoms with Crippen LogP contribution in [0.25, 0.3) is 5.65 Å². The quantitative estimate of drug-likeness (QED) is 0.359. The van der Waals surface area contributed by atoms with E-state index in [1.54, 1.807) is 0 Å². The van der Waals surface area contributed by atoms with Gasteiger partial charge in [0.15, 0.2) is 11.6 Å². The molecule has 1 aliphatic rings. The number of aromatic nitrogens is 3. The molecule has 0 spiro atoms. The van der Waals surface area contributed by atoms with Crippen molar-refractivity contribution in [3.63, 3.8) is 0 Å². The molecular weight excluding hydrogens is 374 g/mol. The topological polar surface area (TPSA) is 69.8 Å². The Kier molecular flexibility index (Phi) is 6.47. The minimum absolute atomic E-state index is 0.407. The first-order valence-electron chi connectivity index (χ1n) is 10.9. The van der Waals surface area contributed by atoms with Gasteiger partial charge >= 0.3 is 0 Å². The van der Waals surface area contributed by atoms with Crippen LogP contribution >= 0.6 is 0 Å². The lowest BCUT2D eigenvalue weighted by molar-refractivity contribution is 0.646. The smallest absolute Gasteiger partial charge is 0.191 e. The summed E-state index contributed by atoms with van der Waals surface area (Å²) in [4.78, 5) is 7.23. The zero-order chi connectivity index (χ0) is 20.8. The average Bonchev–Trinajstić information content (AvgIpc) is 3.39. The number of anilines is 1. The summed E-state index contributed by atoms with van der Waals surface area (Å²) < 4.78 is 2.05. The molecule has 4 rings (SSSR count). The lowest BCUT2D eigenvalue weighted by atomic mass is 10.2. The minimum Gasteiger partial charge on any atom is -0.369 e. The highest BCUT2D eigenvalue weighted by Gasteiger charge is 2.23. The summed E-state index contributed by atoms with van der Waals surface area (Å²) in [5.74, 6) is 1.89. The summed E-state index contributed by atoms with van der Waals surface area (Å²) in [5, 5.41) is 15.5. The van der Waals surface area contributed by atoms with Crippen molar-refractivity contribution in [1.29, 1.82) is 0 Å². The number of hydrogen-bond acceptors (Lipinski definition) is 4. The summed E-state index contributed by atoms with van der Waals surface area (Å²) in [6, 6.07) is 15.2. The lowest BCUT2D eigenvalue weighted by Gasteiger charge is -2.20. The molecule has 0 aliphatic carbocycles. The summed E-state index contributed by atoms with van der Waals surface area (Å²) in [6.45, 7) is 7.91. The van der Waals surface area contributed by atoms with Gasteiger partial charge in [-0.1, -0.05) is 23.8 Å². The van der Waals surface area contributed by atoms with Gasteiger partial charge in [-0.2, -0.15) is 0 Å². The highest BCUT2D eigenvalue weighted by molar-refractivity contribution is 5.80. The van der Waals surface area contributed by atoms with Crippen LogP contribution in [0.2, 0.25) is 0 Å². The molecule has 3 heterocycles. The highest BCUT2D eigenvalue weighted by atomic mass is 15.3. The second-order valence-electron chi connectivity index (χ2n) is 7.82. The largest absolute Gasteiger partial charge is 0.369 e. The number of nitrogens with one attached hydrogen (secondary N) is 2. The van der Waals surface area contributed by atoms with Gasteiger partial charge in [0.05, 0.1) is 0 Å². The fourth-order valence-corrected chi connectivity index (χ4v) is 3.87. The van der Waals surface area contributed by atoms with Crippen molar-refractivity contribution in [3.05, 3.63) is 60.0 Å². The first-order valence-corrected chi connectivity index (χ1v) is 10.9. The molecule has 0 saturated carbocycles. The zero-order valence-electron chi connectivity index (χ0n) is 17.9. The molecule has 30 heavy (non-hydrogen) atoms. The van der Waals surface area contributed by atoms with Crippen molar-refractivity contribution in [2.24, 2.45) is 4.99 Å². The van der Waals surface area contributed by atoms with Crippen LogP contribution in [-0.4, -0.2) is 52.8 Å². The van der Waals surface area contributed by atoms with Crippen LogP contribution in [-0.2, 0) is 6.42 Å². The Labute approximate surface area is 178 Å². The van der Waals surface area contributed by atoms with Crippen LogP contribution in [0.15, 0.2) is 53.7 Å². The van der Waals surface area contributed by atoms with Crippen molar-refractivity contribution >= 4 is 17.3 Å². The Morgan fingerprint density at radius 1 is 1.17 bits per heavy atom. The summed E-state index contributed by atoms with van der Waals surface area (Å²) in [6.07, 6.45) is 4.93. The van der Waals surface area contributed by atoms with E-state index in [2.05, 4.69) is 63.8 Å². The Bertz CT molecular complexity index is 977. The third kappa shape index (κ3) is 4.90. The molecule has 1 aliphatic heterocycles. The van der Waals surface area contributed by atoms with E-state index in [0.717, 1.165) is 62.9 Å². The Hall–Kier alpha value is -3.09. The summed E-state index contributed by atoms with van der Waals surface area (Å²) in [7, 11) is 0. The van der Waals surface area contributed by atoms with Gasteiger partial charge in [-0.3, -0.25) is 9.39 Å². The molecule has 0 amide bonds. The molecule has 0 radical (unpaired) electrons. The van der Waals surface area contributed by atoms with Gasteiger partial charge in [-0.25, -0.2) is 0 Å². The van der Waals surface area contributed by atoms with Gasteiger partial charge in [0.25, 0.3) is 0 Å². The van der Waals surface area contributed by atoms with Gasteiger partial charge in [-0.15, -0.1) is 10.2 Å². The normalized spacial score (nSPS) is 16.9. The molecule has 0 bridgehead atoms. The molecule has 1 atom stereocenters. The monoisotopic (exact) mass is 405 g/mol. The predicted molar refractivity (Wildman–Crippen MR) is 122 cm³/mol. The van der Waals surface area contributed by atoms with E-state index in [1.165, 1.54) is 11.3 Å². The van der Waals surface area contributed by atoms with Crippen LogP contribution in [0.3, 0.4) is 0 Å². The second-order valence-corrected chi connectivity index (χ2v) is 7.82. The molecule has 1 aromatic carbocycles. The number of fused-ring (bicyclic) bond motifs is 1. The molecule has 3 aromatic rings. The molecule has 7 nitrogen and oxygen atoms in total. The summed E-state index contributed by atoms with van der Waals surface area (Å²) in [5.41, 5.74) is 3.49. The molecule has 2 aromatic heterocycles. The maximum Gasteiger partial charge on any atom is 0.191 e. The molecular formula is C23H31N7. The van der Waals surface area contributed by atoms with E-state index in [-0.39, 0.29) is 0 Å². The number of pyridine rings is 1.